The van der Waals surface area contributed by atoms with E-state index in [2.05, 4.69) is 4.98 Å². The zero-order valence-electron chi connectivity index (χ0n) is 7.17. The second-order valence-corrected chi connectivity index (χ2v) is 3.13. The van der Waals surface area contributed by atoms with Crippen molar-refractivity contribution in [2.45, 2.75) is 13.3 Å². The molecule has 0 unspecified atom stereocenters. The number of rotatable bonds is 0. The van der Waals surface area contributed by atoms with E-state index in [0.29, 0.717) is 5.56 Å². The van der Waals surface area contributed by atoms with E-state index < -0.39 is 0 Å². The van der Waals surface area contributed by atoms with Crippen LogP contribution in [-0.2, 0) is 11.2 Å². The number of aromatic nitrogens is 1. The van der Waals surface area contributed by atoms with Crippen molar-refractivity contribution in [3.63, 3.8) is 0 Å². The molecule has 66 valence electrons. The van der Waals surface area contributed by atoms with Gasteiger partial charge >= 0.3 is 0 Å². The average Bonchev–Trinajstić information content (AvgIpc) is 2.02. The lowest BCUT2D eigenvalue weighted by Crippen LogP contribution is -2.10. The van der Waals surface area contributed by atoms with Crippen LogP contribution in [-0.4, -0.2) is 10.8 Å². The molecular weight excluding hydrogens is 169 g/mol. The van der Waals surface area contributed by atoms with Gasteiger partial charge in [0.1, 0.15) is 5.82 Å². The number of nitrogens with zero attached hydrogens (tertiary/aromatic N) is 1. The van der Waals surface area contributed by atoms with Crippen molar-refractivity contribution in [3.8, 4) is 0 Å². The molecule has 13 heavy (non-hydrogen) atoms. The Kier molecular flexibility index (Phi) is 1.72. The molecule has 0 bridgehead atoms. The summed E-state index contributed by atoms with van der Waals surface area (Å²) < 4.78 is 12.8. The number of carbonyl (C=O) groups excluding carboxylic acids is 1. The van der Waals surface area contributed by atoms with E-state index in [4.69, 9.17) is 0 Å². The normalized spacial score (nSPS) is 15.2. The monoisotopic (exact) mass is 177 g/mol. The summed E-state index contributed by atoms with van der Waals surface area (Å²) in [5, 5.41) is 0. The lowest BCUT2D eigenvalue weighted by Gasteiger charge is -2.12. The second-order valence-electron chi connectivity index (χ2n) is 3.13. The van der Waals surface area contributed by atoms with E-state index >= 15 is 0 Å². The van der Waals surface area contributed by atoms with Gasteiger partial charge in [0.2, 0.25) is 0 Å². The van der Waals surface area contributed by atoms with Crippen LogP contribution in [0.5, 0.6) is 0 Å². The zero-order valence-corrected chi connectivity index (χ0v) is 7.17. The molecule has 3 heteroatoms. The fraction of sp³-hybridized carbons (Fsp3) is 0.200. The van der Waals surface area contributed by atoms with Gasteiger partial charge in [0.15, 0.2) is 5.78 Å². The Morgan fingerprint density at radius 2 is 2.31 bits per heavy atom. The molecule has 0 saturated carbocycles. The number of fused-ring (bicyclic) bond motifs is 1. The summed E-state index contributed by atoms with van der Waals surface area (Å²) in [5.41, 5.74) is 2.23. The number of carbonyl (C=O) groups is 1. The maximum Gasteiger partial charge on any atom is 0.160 e. The van der Waals surface area contributed by atoms with Crippen LogP contribution in [0.3, 0.4) is 0 Å². The van der Waals surface area contributed by atoms with Crippen molar-refractivity contribution < 1.29 is 9.18 Å². The van der Waals surface area contributed by atoms with Crippen molar-refractivity contribution in [3.05, 3.63) is 35.4 Å². The smallest absolute Gasteiger partial charge is 0.160 e. The first-order valence-electron chi connectivity index (χ1n) is 4.03. The molecule has 2 nitrogen and oxygen atoms in total. The first-order valence-corrected chi connectivity index (χ1v) is 4.03. The van der Waals surface area contributed by atoms with E-state index in [9.17, 15) is 9.18 Å². The van der Waals surface area contributed by atoms with Gasteiger partial charge in [-0.05, 0) is 30.2 Å². The zero-order chi connectivity index (χ0) is 9.42. The molecule has 1 heterocycles. The van der Waals surface area contributed by atoms with Crippen LogP contribution in [0.2, 0.25) is 0 Å². The first-order chi connectivity index (χ1) is 6.16. The Morgan fingerprint density at radius 1 is 1.54 bits per heavy atom. The highest BCUT2D eigenvalue weighted by atomic mass is 19.1. The fourth-order valence-corrected chi connectivity index (χ4v) is 1.52. The van der Waals surface area contributed by atoms with Crippen LogP contribution in [0.15, 0.2) is 18.3 Å². The van der Waals surface area contributed by atoms with Gasteiger partial charge in [0, 0.05) is 6.42 Å². The molecule has 1 aliphatic carbocycles. The molecule has 0 atom stereocenters. The quantitative estimate of drug-likeness (QED) is 0.604. The number of pyridine rings is 1. The molecule has 0 aliphatic heterocycles. The maximum atomic E-state index is 12.8. The molecule has 0 saturated heterocycles. The Bertz CT molecular complexity index is 409. The largest absolute Gasteiger partial charge is 0.294 e. The van der Waals surface area contributed by atoms with Crippen LogP contribution < -0.4 is 0 Å². The molecule has 0 N–H and O–H groups in total. The predicted molar refractivity (Wildman–Crippen MR) is 46.6 cm³/mol. The van der Waals surface area contributed by atoms with E-state index in [0.717, 1.165) is 11.3 Å². The van der Waals surface area contributed by atoms with E-state index in [1.165, 1.54) is 12.3 Å². The van der Waals surface area contributed by atoms with Crippen molar-refractivity contribution in [1.82, 2.24) is 4.98 Å². The van der Waals surface area contributed by atoms with E-state index in [1.807, 2.05) is 0 Å². The topological polar surface area (TPSA) is 30.0 Å². The minimum absolute atomic E-state index is 0.0115. The summed E-state index contributed by atoms with van der Waals surface area (Å²) in [7, 11) is 0. The molecule has 1 aromatic rings. The Morgan fingerprint density at radius 3 is 3.08 bits per heavy atom. The third-order valence-corrected chi connectivity index (χ3v) is 2.05. The maximum absolute atomic E-state index is 12.8. The van der Waals surface area contributed by atoms with Gasteiger partial charge in [0.05, 0.1) is 11.9 Å². The Hall–Kier alpha value is -1.51. The summed E-state index contributed by atoms with van der Waals surface area (Å²) in [6.45, 7) is 1.81. The van der Waals surface area contributed by atoms with Gasteiger partial charge < -0.3 is 0 Å². The average molecular weight is 177 g/mol. The molecule has 1 aromatic heterocycles. The SMILES string of the molecule is CC1=CC(=O)Cc2cc(F)cnc21. The molecule has 2 rings (SSSR count). The second kappa shape index (κ2) is 2.76. The molecule has 0 spiro atoms. The Balaban J connectivity index is 2.60. The van der Waals surface area contributed by atoms with Gasteiger partial charge in [0.25, 0.3) is 0 Å². The van der Waals surface area contributed by atoms with Crippen LogP contribution in [0.4, 0.5) is 4.39 Å². The molecule has 1 aliphatic rings. The van der Waals surface area contributed by atoms with Gasteiger partial charge in [-0.15, -0.1) is 0 Å². The molecular formula is C10H8FNO. The van der Waals surface area contributed by atoms with Crippen LogP contribution in [0.25, 0.3) is 5.57 Å². The molecule has 0 radical (unpaired) electrons. The number of halogens is 1. The highest BCUT2D eigenvalue weighted by Crippen LogP contribution is 2.22. The van der Waals surface area contributed by atoms with Crippen molar-refractivity contribution in [2.75, 3.05) is 0 Å². The summed E-state index contributed by atoms with van der Waals surface area (Å²) in [6.07, 6.45) is 2.98. The third-order valence-electron chi connectivity index (χ3n) is 2.05. The minimum Gasteiger partial charge on any atom is -0.294 e. The highest BCUT2D eigenvalue weighted by Gasteiger charge is 2.16. The van der Waals surface area contributed by atoms with Crippen molar-refractivity contribution >= 4 is 11.4 Å². The van der Waals surface area contributed by atoms with Gasteiger partial charge in [-0.2, -0.15) is 0 Å². The molecule has 0 aromatic carbocycles. The van der Waals surface area contributed by atoms with Gasteiger partial charge in [-0.1, -0.05) is 0 Å². The predicted octanol–water partition coefficient (Wildman–Crippen LogP) is 1.75. The van der Waals surface area contributed by atoms with E-state index in [-0.39, 0.29) is 18.0 Å². The fourth-order valence-electron chi connectivity index (χ4n) is 1.52. The standard InChI is InChI=1S/C10H8FNO/c1-6-2-9(13)4-7-3-8(11)5-12-10(6)7/h2-3,5H,4H2,1H3. The molecule has 0 fully saturated rings. The number of ketones is 1. The summed E-state index contributed by atoms with van der Waals surface area (Å²) in [5.74, 6) is -0.376. The minimum atomic E-state index is -0.388. The van der Waals surface area contributed by atoms with Crippen LogP contribution >= 0.6 is 0 Å². The van der Waals surface area contributed by atoms with Gasteiger partial charge in [-0.25, -0.2) is 4.39 Å². The number of hydrogen-bond acceptors (Lipinski definition) is 2. The Labute approximate surface area is 75.1 Å². The third kappa shape index (κ3) is 1.37. The van der Waals surface area contributed by atoms with Crippen LogP contribution in [0, 0.1) is 5.82 Å². The van der Waals surface area contributed by atoms with Crippen molar-refractivity contribution in [1.29, 1.82) is 0 Å². The van der Waals surface area contributed by atoms with Gasteiger partial charge in [-0.3, -0.25) is 9.78 Å². The molecule has 0 amide bonds. The number of allylic oxidation sites excluding steroid dienone is 2. The summed E-state index contributed by atoms with van der Waals surface area (Å²) in [6, 6.07) is 1.37. The highest BCUT2D eigenvalue weighted by molar-refractivity contribution is 6.00. The lowest BCUT2D eigenvalue weighted by atomic mass is 9.96. The number of hydrogen-bond donors (Lipinski definition) is 0. The van der Waals surface area contributed by atoms with Crippen LogP contribution in [0.1, 0.15) is 18.2 Å². The lowest BCUT2D eigenvalue weighted by molar-refractivity contribution is -0.114. The summed E-state index contributed by atoms with van der Waals surface area (Å²) in [4.78, 5) is 15.1. The van der Waals surface area contributed by atoms with Crippen molar-refractivity contribution in [2.24, 2.45) is 0 Å². The first kappa shape index (κ1) is 8.10. The summed E-state index contributed by atoms with van der Waals surface area (Å²) >= 11 is 0. The van der Waals surface area contributed by atoms with E-state index in [1.54, 1.807) is 13.0 Å².